The van der Waals surface area contributed by atoms with E-state index in [1.807, 2.05) is 13.0 Å². The SMILES string of the molecule is COc1ccc(C)cc1S(=O)(=O)N1CCc2oc(CCC(C)C)nc2C1. The number of fused-ring (bicyclic) bond motifs is 1. The molecule has 142 valence electrons. The van der Waals surface area contributed by atoms with E-state index in [2.05, 4.69) is 18.8 Å². The molecule has 0 saturated heterocycles. The zero-order chi connectivity index (χ0) is 18.9. The molecule has 0 atom stereocenters. The van der Waals surface area contributed by atoms with Crippen molar-refractivity contribution in [1.82, 2.24) is 9.29 Å². The maximum Gasteiger partial charge on any atom is 0.247 e. The second-order valence-electron chi connectivity index (χ2n) is 7.15. The molecule has 1 aromatic heterocycles. The highest BCUT2D eigenvalue weighted by Gasteiger charge is 2.33. The lowest BCUT2D eigenvalue weighted by Gasteiger charge is -2.25. The van der Waals surface area contributed by atoms with Crippen molar-refractivity contribution >= 4 is 10.0 Å². The van der Waals surface area contributed by atoms with Crippen LogP contribution in [0, 0.1) is 12.8 Å². The molecule has 2 aromatic rings. The molecule has 0 unspecified atom stereocenters. The predicted molar refractivity (Wildman–Crippen MR) is 98.7 cm³/mol. The summed E-state index contributed by atoms with van der Waals surface area (Å²) in [5.41, 5.74) is 1.60. The quantitative estimate of drug-likeness (QED) is 0.771. The second kappa shape index (κ2) is 7.40. The first-order chi connectivity index (χ1) is 12.3. The van der Waals surface area contributed by atoms with E-state index in [1.165, 1.54) is 11.4 Å². The summed E-state index contributed by atoms with van der Waals surface area (Å²) < 4.78 is 38.8. The minimum absolute atomic E-state index is 0.201. The molecular weight excluding hydrogens is 352 g/mol. The number of aryl methyl sites for hydroxylation is 2. The number of benzene rings is 1. The van der Waals surface area contributed by atoms with Gasteiger partial charge in [-0.05, 0) is 37.0 Å². The van der Waals surface area contributed by atoms with Crippen molar-refractivity contribution in [2.24, 2.45) is 5.92 Å². The monoisotopic (exact) mass is 378 g/mol. The number of rotatable bonds is 6. The number of oxazole rings is 1. The van der Waals surface area contributed by atoms with Gasteiger partial charge in [0.25, 0.3) is 0 Å². The minimum atomic E-state index is -3.66. The van der Waals surface area contributed by atoms with Crippen molar-refractivity contribution in [3.05, 3.63) is 41.1 Å². The van der Waals surface area contributed by atoms with Gasteiger partial charge in [0.1, 0.15) is 16.4 Å². The second-order valence-corrected chi connectivity index (χ2v) is 9.06. The van der Waals surface area contributed by atoms with Crippen molar-refractivity contribution < 1.29 is 17.6 Å². The van der Waals surface area contributed by atoms with Crippen LogP contribution >= 0.6 is 0 Å². The van der Waals surface area contributed by atoms with Gasteiger partial charge < -0.3 is 9.15 Å². The smallest absolute Gasteiger partial charge is 0.247 e. The van der Waals surface area contributed by atoms with E-state index in [0.717, 1.165) is 29.9 Å². The Hall–Kier alpha value is -1.86. The Morgan fingerprint density at radius 3 is 2.81 bits per heavy atom. The summed E-state index contributed by atoms with van der Waals surface area (Å²) >= 11 is 0. The van der Waals surface area contributed by atoms with Crippen LogP contribution in [0.1, 0.15) is 43.2 Å². The fourth-order valence-corrected chi connectivity index (χ4v) is 4.72. The Bertz CT molecular complexity index is 887. The first-order valence-corrected chi connectivity index (χ1v) is 10.4. The van der Waals surface area contributed by atoms with Crippen molar-refractivity contribution in [3.63, 3.8) is 0 Å². The molecular formula is C19H26N2O4S. The van der Waals surface area contributed by atoms with Gasteiger partial charge in [-0.15, -0.1) is 0 Å². The van der Waals surface area contributed by atoms with Crippen molar-refractivity contribution in [2.45, 2.75) is 51.5 Å². The van der Waals surface area contributed by atoms with Crippen LogP contribution in [0.15, 0.2) is 27.5 Å². The van der Waals surface area contributed by atoms with Gasteiger partial charge in [-0.25, -0.2) is 13.4 Å². The van der Waals surface area contributed by atoms with Crippen LogP contribution < -0.4 is 4.74 Å². The van der Waals surface area contributed by atoms with Gasteiger partial charge in [-0.3, -0.25) is 0 Å². The Morgan fingerprint density at radius 1 is 1.35 bits per heavy atom. The van der Waals surface area contributed by atoms with Crippen LogP contribution in [0.2, 0.25) is 0 Å². The van der Waals surface area contributed by atoms with Gasteiger partial charge in [0, 0.05) is 19.4 Å². The molecule has 0 aliphatic carbocycles. The van der Waals surface area contributed by atoms with E-state index in [0.29, 0.717) is 30.5 Å². The highest BCUT2D eigenvalue weighted by Crippen LogP contribution is 2.31. The van der Waals surface area contributed by atoms with E-state index in [9.17, 15) is 8.42 Å². The Morgan fingerprint density at radius 2 is 2.12 bits per heavy atom. The number of hydrogen-bond donors (Lipinski definition) is 0. The predicted octanol–water partition coefficient (Wildman–Crippen LogP) is 3.33. The number of aromatic nitrogens is 1. The standard InChI is InChI=1S/C19H26N2O4S/c1-13(2)5-8-19-20-15-12-21(10-9-16(15)25-19)26(22,23)18-11-14(3)6-7-17(18)24-4/h6-7,11,13H,5,8-10,12H2,1-4H3. The lowest BCUT2D eigenvalue weighted by molar-refractivity contribution is 0.350. The van der Waals surface area contributed by atoms with E-state index in [-0.39, 0.29) is 11.4 Å². The normalized spacial score (nSPS) is 15.3. The Labute approximate surface area is 155 Å². The largest absolute Gasteiger partial charge is 0.495 e. The van der Waals surface area contributed by atoms with E-state index in [1.54, 1.807) is 12.1 Å². The zero-order valence-electron chi connectivity index (χ0n) is 15.8. The third-order valence-corrected chi connectivity index (χ3v) is 6.48. The van der Waals surface area contributed by atoms with E-state index in [4.69, 9.17) is 9.15 Å². The van der Waals surface area contributed by atoms with Crippen LogP contribution in [0.3, 0.4) is 0 Å². The highest BCUT2D eigenvalue weighted by molar-refractivity contribution is 7.89. The Kier molecular flexibility index (Phi) is 5.39. The van der Waals surface area contributed by atoms with Crippen LogP contribution in [-0.4, -0.2) is 31.4 Å². The first kappa shape index (κ1) is 18.9. The van der Waals surface area contributed by atoms with Crippen molar-refractivity contribution in [2.75, 3.05) is 13.7 Å². The van der Waals surface area contributed by atoms with Crippen LogP contribution in [0.4, 0.5) is 0 Å². The van der Waals surface area contributed by atoms with Crippen LogP contribution in [-0.2, 0) is 29.4 Å². The molecule has 6 nitrogen and oxygen atoms in total. The molecule has 1 aliphatic heterocycles. The summed E-state index contributed by atoms with van der Waals surface area (Å²) in [5.74, 6) is 2.45. The zero-order valence-corrected chi connectivity index (χ0v) is 16.6. The molecule has 3 rings (SSSR count). The fraction of sp³-hybridized carbons (Fsp3) is 0.526. The Balaban J connectivity index is 1.85. The van der Waals surface area contributed by atoms with Gasteiger partial charge >= 0.3 is 0 Å². The van der Waals surface area contributed by atoms with Crippen LogP contribution in [0.25, 0.3) is 0 Å². The van der Waals surface area contributed by atoms with Gasteiger partial charge in [-0.2, -0.15) is 4.31 Å². The molecule has 1 aromatic carbocycles. The number of hydrogen-bond acceptors (Lipinski definition) is 5. The third-order valence-electron chi connectivity index (χ3n) is 4.61. The van der Waals surface area contributed by atoms with Gasteiger partial charge in [-0.1, -0.05) is 19.9 Å². The molecule has 26 heavy (non-hydrogen) atoms. The third kappa shape index (κ3) is 3.78. The summed E-state index contributed by atoms with van der Waals surface area (Å²) in [6, 6.07) is 5.18. The molecule has 7 heteroatoms. The molecule has 0 spiro atoms. The van der Waals surface area contributed by atoms with E-state index >= 15 is 0 Å². The molecule has 0 saturated carbocycles. The molecule has 1 aliphatic rings. The summed E-state index contributed by atoms with van der Waals surface area (Å²) in [4.78, 5) is 4.74. The van der Waals surface area contributed by atoms with Gasteiger partial charge in [0.15, 0.2) is 5.89 Å². The topological polar surface area (TPSA) is 72.6 Å². The summed E-state index contributed by atoms with van der Waals surface area (Å²) in [6.45, 7) is 6.80. The molecule has 0 fully saturated rings. The maximum atomic E-state index is 13.1. The van der Waals surface area contributed by atoms with E-state index < -0.39 is 10.0 Å². The lowest BCUT2D eigenvalue weighted by Crippen LogP contribution is -2.36. The molecule has 0 amide bonds. The van der Waals surface area contributed by atoms with Crippen molar-refractivity contribution in [3.8, 4) is 5.75 Å². The fourth-order valence-electron chi connectivity index (χ4n) is 3.08. The maximum absolute atomic E-state index is 13.1. The number of methoxy groups -OCH3 is 1. The van der Waals surface area contributed by atoms with Crippen molar-refractivity contribution in [1.29, 1.82) is 0 Å². The summed E-state index contributed by atoms with van der Waals surface area (Å²) in [7, 11) is -2.18. The van der Waals surface area contributed by atoms with Gasteiger partial charge in [0.2, 0.25) is 10.0 Å². The minimum Gasteiger partial charge on any atom is -0.495 e. The molecule has 0 N–H and O–H groups in total. The summed E-state index contributed by atoms with van der Waals surface area (Å²) in [6.07, 6.45) is 2.32. The molecule has 0 radical (unpaired) electrons. The average Bonchev–Trinajstić information content (AvgIpc) is 3.02. The number of nitrogens with zero attached hydrogens (tertiary/aromatic N) is 2. The highest BCUT2D eigenvalue weighted by atomic mass is 32.2. The lowest BCUT2D eigenvalue weighted by atomic mass is 10.1. The summed E-state index contributed by atoms with van der Waals surface area (Å²) in [5, 5.41) is 0. The van der Waals surface area contributed by atoms with Gasteiger partial charge in [0.05, 0.1) is 19.3 Å². The number of ether oxygens (including phenoxy) is 1. The first-order valence-electron chi connectivity index (χ1n) is 8.93. The molecule has 2 heterocycles. The average molecular weight is 378 g/mol. The molecule has 0 bridgehead atoms. The van der Waals surface area contributed by atoms with Crippen LogP contribution in [0.5, 0.6) is 5.75 Å². The number of sulfonamides is 1.